The third-order valence-corrected chi connectivity index (χ3v) is 1.55. The van der Waals surface area contributed by atoms with Crippen molar-refractivity contribution in [3.63, 3.8) is 0 Å². The van der Waals surface area contributed by atoms with Crippen LogP contribution in [-0.4, -0.2) is 24.3 Å². The maximum Gasteiger partial charge on any atom is 0.369 e. The van der Waals surface area contributed by atoms with Crippen LogP contribution in [0, 0.1) is 0 Å². The summed E-state index contributed by atoms with van der Waals surface area (Å²) in [5.41, 5.74) is 0. The molecule has 0 aliphatic heterocycles. The van der Waals surface area contributed by atoms with Gasteiger partial charge in [0.25, 0.3) is 0 Å². The van der Waals surface area contributed by atoms with E-state index in [2.05, 4.69) is 9.05 Å². The molecule has 11 heavy (non-hydrogen) atoms. The van der Waals surface area contributed by atoms with Gasteiger partial charge in [-0.05, 0) is 6.92 Å². The van der Waals surface area contributed by atoms with Gasteiger partial charge in [0, 0.05) is 7.11 Å². The molecule has 0 aromatic carbocycles. The van der Waals surface area contributed by atoms with Crippen molar-refractivity contribution >= 4 is 14.2 Å². The van der Waals surface area contributed by atoms with Crippen molar-refractivity contribution in [3.8, 4) is 0 Å². The SMILES string of the molecule is CO[PH](=O)OC(=O)CC(C)O. The van der Waals surface area contributed by atoms with Gasteiger partial charge in [-0.2, -0.15) is 0 Å². The molecule has 6 heteroatoms. The summed E-state index contributed by atoms with van der Waals surface area (Å²) in [5.74, 6) is -0.717. The molecule has 0 aliphatic rings. The first-order chi connectivity index (χ1) is 5.06. The summed E-state index contributed by atoms with van der Waals surface area (Å²) < 4.78 is 18.9. The topological polar surface area (TPSA) is 72.8 Å². The number of aliphatic hydroxyl groups is 1. The van der Waals surface area contributed by atoms with E-state index in [0.717, 1.165) is 0 Å². The van der Waals surface area contributed by atoms with Crippen molar-refractivity contribution in [2.24, 2.45) is 0 Å². The molecule has 0 amide bonds. The van der Waals surface area contributed by atoms with E-state index >= 15 is 0 Å². The lowest BCUT2D eigenvalue weighted by atomic mass is 10.3. The highest BCUT2D eigenvalue weighted by molar-refractivity contribution is 7.34. The first-order valence-electron chi connectivity index (χ1n) is 3.03. The molecule has 5 nitrogen and oxygen atoms in total. The molecule has 2 atom stereocenters. The van der Waals surface area contributed by atoms with Crippen molar-refractivity contribution in [2.75, 3.05) is 7.11 Å². The molecule has 0 heterocycles. The fourth-order valence-corrected chi connectivity index (χ4v) is 0.770. The van der Waals surface area contributed by atoms with E-state index < -0.39 is 20.3 Å². The lowest BCUT2D eigenvalue weighted by Gasteiger charge is -2.03. The molecule has 1 N–H and O–H groups in total. The summed E-state index contributed by atoms with van der Waals surface area (Å²) in [6.45, 7) is 1.44. The number of carbonyl (C=O) groups is 1. The Labute approximate surface area is 65.3 Å². The van der Waals surface area contributed by atoms with E-state index in [1.807, 2.05) is 0 Å². The Morgan fingerprint density at radius 2 is 2.27 bits per heavy atom. The van der Waals surface area contributed by atoms with Crippen molar-refractivity contribution < 1.29 is 23.5 Å². The van der Waals surface area contributed by atoms with Crippen LogP contribution in [0.1, 0.15) is 13.3 Å². The van der Waals surface area contributed by atoms with Gasteiger partial charge < -0.3 is 14.2 Å². The van der Waals surface area contributed by atoms with Gasteiger partial charge in [-0.25, -0.2) is 4.57 Å². The van der Waals surface area contributed by atoms with Crippen LogP contribution in [0.15, 0.2) is 0 Å². The van der Waals surface area contributed by atoms with Crippen molar-refractivity contribution in [3.05, 3.63) is 0 Å². The van der Waals surface area contributed by atoms with Gasteiger partial charge in [0.2, 0.25) is 0 Å². The van der Waals surface area contributed by atoms with Crippen LogP contribution in [0.4, 0.5) is 0 Å². The van der Waals surface area contributed by atoms with Gasteiger partial charge >= 0.3 is 14.2 Å². The smallest absolute Gasteiger partial charge is 0.369 e. The molecular formula is C5H11O5P. The van der Waals surface area contributed by atoms with Crippen LogP contribution in [0.25, 0.3) is 0 Å². The van der Waals surface area contributed by atoms with Crippen molar-refractivity contribution in [1.29, 1.82) is 0 Å². The zero-order chi connectivity index (χ0) is 8.85. The van der Waals surface area contributed by atoms with Gasteiger partial charge in [0.15, 0.2) is 0 Å². The first kappa shape index (κ1) is 10.6. The summed E-state index contributed by atoms with van der Waals surface area (Å²) in [6, 6.07) is 0. The van der Waals surface area contributed by atoms with Gasteiger partial charge in [0.05, 0.1) is 12.5 Å². The van der Waals surface area contributed by atoms with Crippen LogP contribution in [0.3, 0.4) is 0 Å². The van der Waals surface area contributed by atoms with Crippen molar-refractivity contribution in [2.45, 2.75) is 19.4 Å². The zero-order valence-electron chi connectivity index (χ0n) is 6.36. The third kappa shape index (κ3) is 6.04. The van der Waals surface area contributed by atoms with Gasteiger partial charge in [-0.3, -0.25) is 4.79 Å². The van der Waals surface area contributed by atoms with E-state index in [-0.39, 0.29) is 6.42 Å². The van der Waals surface area contributed by atoms with E-state index in [1.165, 1.54) is 14.0 Å². The molecule has 66 valence electrons. The highest BCUT2D eigenvalue weighted by Crippen LogP contribution is 2.22. The Morgan fingerprint density at radius 1 is 1.73 bits per heavy atom. The van der Waals surface area contributed by atoms with Crippen LogP contribution in [0.2, 0.25) is 0 Å². The van der Waals surface area contributed by atoms with Crippen molar-refractivity contribution in [1.82, 2.24) is 0 Å². The standard InChI is InChI=1S/C5H11O5P/c1-4(6)3-5(7)10-11(8)9-2/h4,6,11H,3H2,1-2H3. The molecule has 0 aliphatic carbocycles. The minimum atomic E-state index is -2.68. The quantitative estimate of drug-likeness (QED) is 0.634. The Morgan fingerprint density at radius 3 is 2.64 bits per heavy atom. The molecule has 0 bridgehead atoms. The second-order valence-corrected chi connectivity index (χ2v) is 3.09. The fourth-order valence-electron chi connectivity index (χ4n) is 0.417. The minimum Gasteiger partial charge on any atom is -0.393 e. The maximum atomic E-state index is 10.6. The highest BCUT2D eigenvalue weighted by Gasteiger charge is 2.09. The molecule has 0 aromatic rings. The lowest BCUT2D eigenvalue weighted by Crippen LogP contribution is -2.09. The highest BCUT2D eigenvalue weighted by atomic mass is 31.1. The van der Waals surface area contributed by atoms with Crippen LogP contribution in [-0.2, 0) is 18.4 Å². The second kappa shape index (κ2) is 5.29. The average molecular weight is 182 g/mol. The second-order valence-electron chi connectivity index (χ2n) is 1.98. The maximum absolute atomic E-state index is 10.6. The Kier molecular flexibility index (Phi) is 5.11. The van der Waals surface area contributed by atoms with E-state index in [9.17, 15) is 9.36 Å². The van der Waals surface area contributed by atoms with Crippen LogP contribution < -0.4 is 0 Å². The monoisotopic (exact) mass is 182 g/mol. The number of aliphatic hydroxyl groups excluding tert-OH is 1. The van der Waals surface area contributed by atoms with E-state index in [1.54, 1.807) is 0 Å². The van der Waals surface area contributed by atoms with E-state index in [4.69, 9.17) is 5.11 Å². The molecule has 0 fully saturated rings. The molecule has 0 rings (SSSR count). The number of rotatable bonds is 4. The summed E-state index contributed by atoms with van der Waals surface area (Å²) in [5, 5.41) is 8.68. The molecule has 0 saturated heterocycles. The number of hydrogen-bond donors (Lipinski definition) is 1. The Balaban J connectivity index is 3.61. The van der Waals surface area contributed by atoms with Crippen LogP contribution in [0.5, 0.6) is 0 Å². The predicted octanol–water partition coefficient (Wildman–Crippen LogP) is 0.337. The minimum absolute atomic E-state index is 0.167. The summed E-state index contributed by atoms with van der Waals surface area (Å²) >= 11 is 0. The largest absolute Gasteiger partial charge is 0.393 e. The fraction of sp³-hybridized carbons (Fsp3) is 0.800. The average Bonchev–Trinajstić information content (AvgIpc) is 1.85. The molecule has 0 radical (unpaired) electrons. The molecule has 0 spiro atoms. The summed E-state index contributed by atoms with van der Waals surface area (Å²) in [7, 11) is -1.51. The number of carbonyl (C=O) groups excluding carboxylic acids is 1. The molecule has 0 saturated carbocycles. The van der Waals surface area contributed by atoms with Gasteiger partial charge in [0.1, 0.15) is 0 Å². The summed E-state index contributed by atoms with van der Waals surface area (Å²) in [6.07, 6.45) is -0.950. The Bertz CT molecular complexity index is 155. The predicted molar refractivity (Wildman–Crippen MR) is 38.4 cm³/mol. The lowest BCUT2D eigenvalue weighted by molar-refractivity contribution is -0.136. The van der Waals surface area contributed by atoms with Gasteiger partial charge in [-0.15, -0.1) is 0 Å². The van der Waals surface area contributed by atoms with E-state index in [0.29, 0.717) is 0 Å². The molecule has 0 aromatic heterocycles. The first-order valence-corrected chi connectivity index (χ1v) is 4.25. The number of hydrogen-bond acceptors (Lipinski definition) is 5. The zero-order valence-corrected chi connectivity index (χ0v) is 7.36. The van der Waals surface area contributed by atoms with Gasteiger partial charge in [-0.1, -0.05) is 0 Å². The van der Waals surface area contributed by atoms with Crippen LogP contribution >= 0.6 is 8.25 Å². The molecule has 2 unspecified atom stereocenters. The molecular weight excluding hydrogens is 171 g/mol. The normalized spacial score (nSPS) is 15.5. The third-order valence-electron chi connectivity index (χ3n) is 0.826. The summed E-state index contributed by atoms with van der Waals surface area (Å²) in [4.78, 5) is 10.6. The Hall–Kier alpha value is -0.380.